The highest BCUT2D eigenvalue weighted by Gasteiger charge is 2.51. The van der Waals surface area contributed by atoms with E-state index in [4.69, 9.17) is 4.74 Å². The number of hydrogen-bond acceptors (Lipinski definition) is 4. The van der Waals surface area contributed by atoms with Crippen molar-refractivity contribution in [3.63, 3.8) is 0 Å². The molecule has 2 aromatic carbocycles. The first-order valence-electron chi connectivity index (χ1n) is 11.7. The molecule has 2 unspecified atom stereocenters. The number of nitrogens with one attached hydrogen (secondary N) is 1. The number of benzene rings is 2. The molecular formula is C27H35N2O4+. The maximum atomic E-state index is 13.7. The zero-order chi connectivity index (χ0) is 24.1. The first kappa shape index (κ1) is 24.6. The summed E-state index contributed by atoms with van der Waals surface area (Å²) in [5.41, 5.74) is 2.00. The molecular weight excluding hydrogens is 416 g/mol. The van der Waals surface area contributed by atoms with E-state index in [1.807, 2.05) is 43.3 Å². The lowest BCUT2D eigenvalue weighted by Gasteiger charge is -2.27. The van der Waals surface area contributed by atoms with Crippen molar-refractivity contribution < 1.29 is 24.0 Å². The highest BCUT2D eigenvalue weighted by Crippen LogP contribution is 2.38. The standard InChI is InChI=1S/C27H34N2O4/c1-18(2)17-33-21-12-13-22(19(3)16-21)25(30)23-24(20-10-7-6-8-11-20)29(27(32)26(23)31)15-9-14-28(4)5/h6-8,10-13,16,18,23-24H,9,14-15,17H2,1-5H3/p+1. The molecule has 0 aliphatic carbocycles. The fourth-order valence-corrected chi connectivity index (χ4v) is 4.29. The average molecular weight is 452 g/mol. The highest BCUT2D eigenvalue weighted by molar-refractivity contribution is 6.44. The number of carbonyl (C=O) groups excluding carboxylic acids is 3. The Hall–Kier alpha value is -2.99. The molecule has 3 rings (SSSR count). The molecule has 1 N–H and O–H groups in total. The third-order valence-corrected chi connectivity index (χ3v) is 5.95. The molecule has 1 aliphatic rings. The molecule has 0 spiro atoms. The summed E-state index contributed by atoms with van der Waals surface area (Å²) in [4.78, 5) is 42.7. The third-order valence-electron chi connectivity index (χ3n) is 5.95. The van der Waals surface area contributed by atoms with Crippen LogP contribution in [-0.2, 0) is 9.59 Å². The monoisotopic (exact) mass is 451 g/mol. The van der Waals surface area contributed by atoms with Crippen LogP contribution in [0.25, 0.3) is 0 Å². The van der Waals surface area contributed by atoms with Crippen molar-refractivity contribution in [2.45, 2.75) is 33.2 Å². The number of carbonyl (C=O) groups is 3. The Labute approximate surface area is 196 Å². The second kappa shape index (κ2) is 10.8. The van der Waals surface area contributed by atoms with E-state index in [2.05, 4.69) is 27.9 Å². The largest absolute Gasteiger partial charge is 0.493 e. The lowest BCUT2D eigenvalue weighted by molar-refractivity contribution is -0.858. The zero-order valence-corrected chi connectivity index (χ0v) is 20.3. The maximum absolute atomic E-state index is 13.7. The molecule has 176 valence electrons. The van der Waals surface area contributed by atoms with Gasteiger partial charge in [-0.3, -0.25) is 14.4 Å². The normalized spacial score (nSPS) is 18.5. The predicted molar refractivity (Wildman–Crippen MR) is 128 cm³/mol. The molecule has 6 nitrogen and oxygen atoms in total. The van der Waals surface area contributed by atoms with Crippen LogP contribution in [0.5, 0.6) is 5.75 Å². The van der Waals surface area contributed by atoms with Crippen LogP contribution in [0.3, 0.4) is 0 Å². The minimum Gasteiger partial charge on any atom is -0.493 e. The summed E-state index contributed by atoms with van der Waals surface area (Å²) in [6.45, 7) is 7.88. The molecule has 0 aromatic heterocycles. The SMILES string of the molecule is Cc1cc(OCC(C)C)ccc1C(=O)C1C(=O)C(=O)N(CCC[NH+](C)C)C1c1ccccc1. The molecule has 1 heterocycles. The van der Waals surface area contributed by atoms with Gasteiger partial charge in [0.2, 0.25) is 5.78 Å². The Balaban J connectivity index is 1.93. The van der Waals surface area contributed by atoms with Gasteiger partial charge in [0.05, 0.1) is 33.3 Å². The summed E-state index contributed by atoms with van der Waals surface area (Å²) in [6.07, 6.45) is 0.756. The molecule has 6 heteroatoms. The quantitative estimate of drug-likeness (QED) is 0.342. The first-order chi connectivity index (χ1) is 15.7. The van der Waals surface area contributed by atoms with E-state index < -0.39 is 23.7 Å². The molecule has 1 aliphatic heterocycles. The average Bonchev–Trinajstić information content (AvgIpc) is 3.02. The number of likely N-dealkylation sites (tertiary alicyclic amines) is 1. The Kier molecular flexibility index (Phi) is 8.03. The van der Waals surface area contributed by atoms with Crippen molar-refractivity contribution in [1.82, 2.24) is 4.90 Å². The second-order valence-corrected chi connectivity index (χ2v) is 9.55. The number of rotatable bonds is 10. The summed E-state index contributed by atoms with van der Waals surface area (Å²) in [6, 6.07) is 14.1. The molecule has 0 radical (unpaired) electrons. The van der Waals surface area contributed by atoms with E-state index in [0.29, 0.717) is 30.4 Å². The van der Waals surface area contributed by atoms with E-state index in [-0.39, 0.29) is 5.78 Å². The molecule has 2 atom stereocenters. The van der Waals surface area contributed by atoms with E-state index in [0.717, 1.165) is 24.1 Å². The number of quaternary nitrogens is 1. The number of aryl methyl sites for hydroxylation is 1. The molecule has 1 fully saturated rings. The Morgan fingerprint density at radius 2 is 1.79 bits per heavy atom. The molecule has 0 bridgehead atoms. The van der Waals surface area contributed by atoms with E-state index in [1.165, 1.54) is 4.90 Å². The molecule has 33 heavy (non-hydrogen) atoms. The fourth-order valence-electron chi connectivity index (χ4n) is 4.29. The van der Waals surface area contributed by atoms with Crippen LogP contribution in [0.15, 0.2) is 48.5 Å². The van der Waals surface area contributed by atoms with Crippen molar-refractivity contribution in [2.24, 2.45) is 11.8 Å². The number of Topliss-reactive ketones (excluding diaryl/α,β-unsaturated/α-hetero) is 2. The predicted octanol–water partition coefficient (Wildman–Crippen LogP) is 2.52. The van der Waals surface area contributed by atoms with Crippen molar-refractivity contribution in [3.05, 3.63) is 65.2 Å². The van der Waals surface area contributed by atoms with Crippen molar-refractivity contribution >= 4 is 17.5 Å². The van der Waals surface area contributed by atoms with Gasteiger partial charge in [-0.15, -0.1) is 0 Å². The zero-order valence-electron chi connectivity index (χ0n) is 20.3. The third kappa shape index (κ3) is 5.69. The van der Waals surface area contributed by atoms with E-state index in [1.54, 1.807) is 17.0 Å². The van der Waals surface area contributed by atoms with Crippen molar-refractivity contribution in [2.75, 3.05) is 33.8 Å². The second-order valence-electron chi connectivity index (χ2n) is 9.55. The van der Waals surface area contributed by atoms with Gasteiger partial charge in [-0.05, 0) is 42.2 Å². The Bertz CT molecular complexity index is 1000. The van der Waals surface area contributed by atoms with Gasteiger partial charge < -0.3 is 14.5 Å². The topological polar surface area (TPSA) is 68.1 Å². The summed E-state index contributed by atoms with van der Waals surface area (Å²) in [7, 11) is 4.10. The van der Waals surface area contributed by atoms with Crippen LogP contribution < -0.4 is 9.64 Å². The van der Waals surface area contributed by atoms with Crippen molar-refractivity contribution in [3.8, 4) is 5.75 Å². The Morgan fingerprint density at radius 1 is 1.09 bits per heavy atom. The van der Waals surface area contributed by atoms with Gasteiger partial charge in [0.25, 0.3) is 5.91 Å². The summed E-state index contributed by atoms with van der Waals surface area (Å²) >= 11 is 0. The Morgan fingerprint density at radius 3 is 2.39 bits per heavy atom. The minimum absolute atomic E-state index is 0.309. The number of ether oxygens (including phenoxy) is 1. The van der Waals surface area contributed by atoms with E-state index in [9.17, 15) is 14.4 Å². The van der Waals surface area contributed by atoms with Gasteiger partial charge in [-0.2, -0.15) is 0 Å². The van der Waals surface area contributed by atoms with Crippen molar-refractivity contribution in [1.29, 1.82) is 0 Å². The van der Waals surface area contributed by atoms with Crippen LogP contribution >= 0.6 is 0 Å². The van der Waals surface area contributed by atoms with E-state index >= 15 is 0 Å². The number of nitrogens with zero attached hydrogens (tertiary/aromatic N) is 1. The first-order valence-corrected chi connectivity index (χ1v) is 11.7. The number of hydrogen-bond donors (Lipinski definition) is 1. The van der Waals surface area contributed by atoms with Gasteiger partial charge in [0.15, 0.2) is 5.78 Å². The van der Waals surface area contributed by atoms with Crippen LogP contribution in [0.4, 0.5) is 0 Å². The van der Waals surface area contributed by atoms with Gasteiger partial charge in [0, 0.05) is 18.5 Å². The van der Waals surface area contributed by atoms with Gasteiger partial charge in [0.1, 0.15) is 11.7 Å². The summed E-state index contributed by atoms with van der Waals surface area (Å²) in [5, 5.41) is 0. The smallest absolute Gasteiger partial charge is 0.291 e. The lowest BCUT2D eigenvalue weighted by Crippen LogP contribution is -3.05. The highest BCUT2D eigenvalue weighted by atomic mass is 16.5. The number of ketones is 2. The number of amides is 1. The van der Waals surface area contributed by atoms with Gasteiger partial charge in [-0.25, -0.2) is 0 Å². The van der Waals surface area contributed by atoms with Crippen LogP contribution in [0, 0.1) is 18.8 Å². The molecule has 1 amide bonds. The summed E-state index contributed by atoms with van der Waals surface area (Å²) in [5.74, 6) is -1.46. The minimum atomic E-state index is -1.05. The van der Waals surface area contributed by atoms with Crippen LogP contribution in [0.2, 0.25) is 0 Å². The van der Waals surface area contributed by atoms with Crippen LogP contribution in [-0.4, -0.2) is 56.2 Å². The molecule has 0 saturated carbocycles. The van der Waals surface area contributed by atoms with Gasteiger partial charge >= 0.3 is 0 Å². The molecule has 1 saturated heterocycles. The fraction of sp³-hybridized carbons (Fsp3) is 0.444. The van der Waals surface area contributed by atoms with Crippen LogP contribution in [0.1, 0.15) is 47.8 Å². The lowest BCUT2D eigenvalue weighted by atomic mass is 9.85. The summed E-state index contributed by atoms with van der Waals surface area (Å²) < 4.78 is 5.78. The van der Waals surface area contributed by atoms with Gasteiger partial charge in [-0.1, -0.05) is 44.2 Å². The molecule has 2 aromatic rings. The maximum Gasteiger partial charge on any atom is 0.291 e.